The number of nitrogens with zero attached hydrogens (tertiary/aromatic N) is 1. The molecule has 0 spiro atoms. The van der Waals surface area contributed by atoms with Gasteiger partial charge in [0, 0.05) is 17.0 Å². The van der Waals surface area contributed by atoms with Crippen LogP contribution in [0.4, 0.5) is 8.78 Å². The van der Waals surface area contributed by atoms with Gasteiger partial charge in [0.15, 0.2) is 17.4 Å². The Balaban J connectivity index is 1.67. The van der Waals surface area contributed by atoms with E-state index >= 15 is 0 Å². The molecule has 0 bridgehead atoms. The van der Waals surface area contributed by atoms with Gasteiger partial charge in [-0.3, -0.25) is 9.59 Å². The normalized spacial score (nSPS) is 11.4. The Morgan fingerprint density at radius 3 is 2.37 bits per heavy atom. The number of amides is 1. The lowest BCUT2D eigenvalue weighted by atomic mass is 10.1. The third-order valence-electron chi connectivity index (χ3n) is 4.87. The van der Waals surface area contributed by atoms with Gasteiger partial charge in [0.1, 0.15) is 24.7 Å². The first-order valence-electron chi connectivity index (χ1n) is 10.6. The number of halogens is 2. The number of hydrogen-bond acceptors (Lipinski definition) is 6. The van der Waals surface area contributed by atoms with Gasteiger partial charge in [0.25, 0.3) is 5.91 Å². The number of carboxylic acid groups (broad SMARTS) is 1. The molecule has 0 saturated carbocycles. The minimum absolute atomic E-state index is 0.0209. The SMILES string of the molecule is CSc1cc(F)c(F)cc1-c1ccc(OCc2ccc(C(=O)N(CC(=O)O)CC(C)(C)N)o2)cc1. The van der Waals surface area contributed by atoms with Crippen molar-refractivity contribution in [3.63, 3.8) is 0 Å². The van der Waals surface area contributed by atoms with Crippen molar-refractivity contribution in [2.75, 3.05) is 19.3 Å². The topological polar surface area (TPSA) is 106 Å². The van der Waals surface area contributed by atoms with Crippen molar-refractivity contribution in [3.05, 3.63) is 71.7 Å². The first kappa shape index (κ1) is 26.2. The number of carbonyl (C=O) groups excluding carboxylic acids is 1. The number of hydrogen-bond donors (Lipinski definition) is 2. The Kier molecular flexibility index (Phi) is 8.18. The molecule has 1 heterocycles. The number of benzene rings is 2. The third kappa shape index (κ3) is 7.06. The summed E-state index contributed by atoms with van der Waals surface area (Å²) < 4.78 is 38.5. The molecule has 10 heteroatoms. The molecule has 0 atom stereocenters. The van der Waals surface area contributed by atoms with E-state index in [-0.39, 0.29) is 18.9 Å². The average Bonchev–Trinajstić information content (AvgIpc) is 3.26. The predicted molar refractivity (Wildman–Crippen MR) is 128 cm³/mol. The van der Waals surface area contributed by atoms with Crippen LogP contribution in [0.25, 0.3) is 11.1 Å². The summed E-state index contributed by atoms with van der Waals surface area (Å²) in [4.78, 5) is 25.6. The fraction of sp³-hybridized carbons (Fsp3) is 0.280. The number of carboxylic acids is 1. The second-order valence-corrected chi connectivity index (χ2v) is 9.44. The van der Waals surface area contributed by atoms with Gasteiger partial charge in [-0.1, -0.05) is 12.1 Å². The van der Waals surface area contributed by atoms with Crippen LogP contribution in [0.5, 0.6) is 5.75 Å². The molecule has 3 rings (SSSR count). The lowest BCUT2D eigenvalue weighted by molar-refractivity contribution is -0.137. The van der Waals surface area contributed by atoms with Crippen molar-refractivity contribution in [1.82, 2.24) is 4.90 Å². The van der Waals surface area contributed by atoms with E-state index in [1.165, 1.54) is 23.9 Å². The van der Waals surface area contributed by atoms with Gasteiger partial charge in [-0.25, -0.2) is 8.78 Å². The molecule has 0 saturated heterocycles. The van der Waals surface area contributed by atoms with Crippen LogP contribution in [0, 0.1) is 11.6 Å². The molecule has 3 aromatic rings. The summed E-state index contributed by atoms with van der Waals surface area (Å²) in [6.07, 6.45) is 1.79. The summed E-state index contributed by atoms with van der Waals surface area (Å²) in [6.45, 7) is 2.93. The van der Waals surface area contributed by atoms with E-state index in [0.29, 0.717) is 27.5 Å². The molecule has 186 valence electrons. The number of furan rings is 1. The van der Waals surface area contributed by atoms with Crippen molar-refractivity contribution in [3.8, 4) is 16.9 Å². The van der Waals surface area contributed by atoms with E-state index in [4.69, 9.17) is 20.0 Å². The Morgan fingerprint density at radius 1 is 1.11 bits per heavy atom. The lowest BCUT2D eigenvalue weighted by Gasteiger charge is -2.28. The van der Waals surface area contributed by atoms with Crippen molar-refractivity contribution in [1.29, 1.82) is 0 Å². The molecular weight excluding hydrogens is 478 g/mol. The van der Waals surface area contributed by atoms with Gasteiger partial charge in [0.2, 0.25) is 0 Å². The highest BCUT2D eigenvalue weighted by atomic mass is 32.2. The van der Waals surface area contributed by atoms with Crippen LogP contribution in [0.2, 0.25) is 0 Å². The maximum Gasteiger partial charge on any atom is 0.323 e. The highest BCUT2D eigenvalue weighted by molar-refractivity contribution is 7.98. The fourth-order valence-corrected chi connectivity index (χ4v) is 4.01. The highest BCUT2D eigenvalue weighted by Gasteiger charge is 2.26. The molecule has 3 N–H and O–H groups in total. The Morgan fingerprint density at radius 2 is 1.77 bits per heavy atom. The van der Waals surface area contributed by atoms with Gasteiger partial charge in [-0.15, -0.1) is 11.8 Å². The summed E-state index contributed by atoms with van der Waals surface area (Å²) in [6, 6.07) is 12.2. The molecule has 0 radical (unpaired) electrons. The summed E-state index contributed by atoms with van der Waals surface area (Å²) in [5.74, 6) is -2.71. The zero-order chi connectivity index (χ0) is 25.8. The van der Waals surface area contributed by atoms with Gasteiger partial charge in [-0.2, -0.15) is 0 Å². The van der Waals surface area contributed by atoms with Crippen molar-refractivity contribution in [2.45, 2.75) is 30.9 Å². The standard InChI is InChI=1S/C25H26F2N2O5S/c1-25(2,28)14-29(12-23(30)31)24(32)21-9-8-17(34-21)13-33-16-6-4-15(5-7-16)18-10-19(26)20(27)11-22(18)35-3/h4-11H,12-14,28H2,1-3H3,(H,30,31). The maximum atomic E-state index is 13.7. The number of rotatable bonds is 10. The van der Waals surface area contributed by atoms with Crippen LogP contribution in [-0.2, 0) is 11.4 Å². The number of thioether (sulfide) groups is 1. The van der Waals surface area contributed by atoms with E-state index in [0.717, 1.165) is 11.0 Å². The van der Waals surface area contributed by atoms with E-state index in [1.807, 2.05) is 0 Å². The zero-order valence-electron chi connectivity index (χ0n) is 19.5. The minimum Gasteiger partial charge on any atom is -0.486 e. The molecule has 0 aliphatic carbocycles. The number of carbonyl (C=O) groups is 2. The van der Waals surface area contributed by atoms with Gasteiger partial charge < -0.3 is 24.9 Å². The summed E-state index contributed by atoms with van der Waals surface area (Å²) in [5, 5.41) is 9.12. The van der Waals surface area contributed by atoms with Crippen LogP contribution in [0.3, 0.4) is 0 Å². The van der Waals surface area contributed by atoms with Crippen molar-refractivity contribution < 1.29 is 32.6 Å². The van der Waals surface area contributed by atoms with Crippen molar-refractivity contribution >= 4 is 23.6 Å². The molecule has 0 unspecified atom stereocenters. The summed E-state index contributed by atoms with van der Waals surface area (Å²) in [5.41, 5.74) is 6.44. The van der Waals surface area contributed by atoms with E-state index in [9.17, 15) is 18.4 Å². The molecule has 7 nitrogen and oxygen atoms in total. The first-order valence-corrected chi connectivity index (χ1v) is 11.8. The van der Waals surface area contributed by atoms with Crippen LogP contribution < -0.4 is 10.5 Å². The van der Waals surface area contributed by atoms with Gasteiger partial charge in [0.05, 0.1) is 0 Å². The van der Waals surface area contributed by atoms with Crippen molar-refractivity contribution in [2.24, 2.45) is 5.73 Å². The van der Waals surface area contributed by atoms with Crippen LogP contribution in [-0.4, -0.2) is 46.8 Å². The molecule has 0 aliphatic rings. The van der Waals surface area contributed by atoms with Crippen LogP contribution in [0.15, 0.2) is 57.8 Å². The second kappa shape index (κ2) is 10.9. The molecular formula is C25H26F2N2O5S. The third-order valence-corrected chi connectivity index (χ3v) is 5.65. The van der Waals surface area contributed by atoms with Gasteiger partial charge in [-0.05, 0) is 67.6 Å². The molecule has 0 fully saturated rings. The minimum atomic E-state index is -1.16. The first-order chi connectivity index (χ1) is 16.5. The molecule has 0 aliphatic heterocycles. The Labute approximate surface area is 205 Å². The quantitative estimate of drug-likeness (QED) is 0.383. The number of ether oxygens (including phenoxy) is 1. The molecule has 1 aromatic heterocycles. The molecule has 2 aromatic carbocycles. The lowest BCUT2D eigenvalue weighted by Crippen LogP contribution is -2.49. The fourth-order valence-electron chi connectivity index (χ4n) is 3.39. The van der Waals surface area contributed by atoms with Crippen LogP contribution in [0.1, 0.15) is 30.2 Å². The number of aliphatic carboxylic acids is 1. The average molecular weight is 505 g/mol. The second-order valence-electron chi connectivity index (χ2n) is 8.59. The maximum absolute atomic E-state index is 13.7. The molecule has 1 amide bonds. The van der Waals surface area contributed by atoms with Gasteiger partial charge >= 0.3 is 5.97 Å². The Hall–Kier alpha value is -3.37. The summed E-state index contributed by atoms with van der Waals surface area (Å²) in [7, 11) is 0. The molecule has 35 heavy (non-hydrogen) atoms. The largest absolute Gasteiger partial charge is 0.486 e. The zero-order valence-corrected chi connectivity index (χ0v) is 20.3. The van der Waals surface area contributed by atoms with E-state index in [1.54, 1.807) is 50.4 Å². The van der Waals surface area contributed by atoms with E-state index < -0.39 is 35.6 Å². The summed E-state index contributed by atoms with van der Waals surface area (Å²) >= 11 is 1.32. The Bertz CT molecular complexity index is 1210. The predicted octanol–water partition coefficient (Wildman–Crippen LogP) is 4.79. The monoisotopic (exact) mass is 504 g/mol. The van der Waals surface area contributed by atoms with Crippen LogP contribution >= 0.6 is 11.8 Å². The highest BCUT2D eigenvalue weighted by Crippen LogP contribution is 2.33. The van der Waals surface area contributed by atoms with E-state index in [2.05, 4.69) is 0 Å². The number of nitrogens with two attached hydrogens (primary N) is 1. The smallest absolute Gasteiger partial charge is 0.323 e.